The first kappa shape index (κ1) is 33.5. The van der Waals surface area contributed by atoms with Crippen molar-refractivity contribution in [2.75, 3.05) is 24.9 Å². The minimum absolute atomic E-state index is 0.220. The van der Waals surface area contributed by atoms with Crippen LogP contribution >= 0.6 is 11.3 Å². The van der Waals surface area contributed by atoms with Crippen LogP contribution in [0.1, 0.15) is 29.5 Å². The van der Waals surface area contributed by atoms with Crippen LogP contribution in [0.4, 0.5) is 5.69 Å². The summed E-state index contributed by atoms with van der Waals surface area (Å²) in [7, 11) is -1.94. The average molecular weight is 675 g/mol. The molecule has 0 bridgehead atoms. The Morgan fingerprint density at radius 2 is 1.57 bits per heavy atom. The summed E-state index contributed by atoms with van der Waals surface area (Å²) >= 11 is 1.62. The molecule has 1 fully saturated rings. The monoisotopic (exact) mass is 674 g/mol. The first-order chi connectivity index (χ1) is 22.5. The van der Waals surface area contributed by atoms with E-state index in [1.165, 1.54) is 18.4 Å². The van der Waals surface area contributed by atoms with Crippen LogP contribution in [0.3, 0.4) is 0 Å². The molecule has 0 unspecified atom stereocenters. The summed E-state index contributed by atoms with van der Waals surface area (Å²) in [5.74, 6) is -2.51. The third-order valence-corrected chi connectivity index (χ3v) is 10.4. The van der Waals surface area contributed by atoms with Gasteiger partial charge >= 0.3 is 11.9 Å². The van der Waals surface area contributed by atoms with Crippen molar-refractivity contribution < 1.29 is 38.1 Å². The molecule has 0 radical (unpaired) electrons. The summed E-state index contributed by atoms with van der Waals surface area (Å²) in [6, 6.07) is 27.8. The van der Waals surface area contributed by atoms with Crippen molar-refractivity contribution in [2.24, 2.45) is 0 Å². The molecule has 0 amide bonds. The maximum atomic E-state index is 12.8. The van der Waals surface area contributed by atoms with Gasteiger partial charge in [0.2, 0.25) is 0 Å². The number of hydrogen-bond donors (Lipinski definition) is 4. The number of hydrogen-bond acceptors (Lipinski definition) is 8. The minimum Gasteiger partial charge on any atom is -0.508 e. The van der Waals surface area contributed by atoms with E-state index < -0.39 is 22.0 Å². The second-order valence-corrected chi connectivity index (χ2v) is 13.7. The highest BCUT2D eigenvalue weighted by Crippen LogP contribution is 2.42. The van der Waals surface area contributed by atoms with E-state index in [4.69, 9.17) is 24.5 Å². The van der Waals surface area contributed by atoms with Crippen molar-refractivity contribution in [3.05, 3.63) is 108 Å². The number of carboxylic acids is 2. The largest absolute Gasteiger partial charge is 0.508 e. The molecule has 5 aromatic rings. The molecular weight excluding hydrogens is 641 g/mol. The third kappa shape index (κ3) is 8.28. The van der Waals surface area contributed by atoms with Crippen LogP contribution in [0.15, 0.2) is 95.9 Å². The van der Waals surface area contributed by atoms with Gasteiger partial charge in [-0.05, 0) is 103 Å². The molecule has 0 atom stereocenters. The van der Waals surface area contributed by atoms with E-state index in [2.05, 4.69) is 27.8 Å². The molecule has 6 rings (SSSR count). The summed E-state index contributed by atoms with van der Waals surface area (Å²) in [6.45, 7) is 3.17. The van der Waals surface area contributed by atoms with Crippen LogP contribution < -0.4 is 9.46 Å². The first-order valence-corrected chi connectivity index (χ1v) is 17.1. The van der Waals surface area contributed by atoms with Crippen LogP contribution in [0.5, 0.6) is 11.5 Å². The zero-order valence-corrected chi connectivity index (χ0v) is 27.2. The Labute approximate surface area is 276 Å². The van der Waals surface area contributed by atoms with Gasteiger partial charge in [-0.1, -0.05) is 42.5 Å². The van der Waals surface area contributed by atoms with Gasteiger partial charge < -0.3 is 20.1 Å². The van der Waals surface area contributed by atoms with Crippen LogP contribution in [0.2, 0.25) is 0 Å². The van der Waals surface area contributed by atoms with Gasteiger partial charge in [-0.25, -0.2) is 18.0 Å². The lowest BCUT2D eigenvalue weighted by molar-refractivity contribution is -0.159. The fourth-order valence-corrected chi connectivity index (χ4v) is 7.81. The van der Waals surface area contributed by atoms with Gasteiger partial charge in [-0.2, -0.15) is 0 Å². The predicted molar refractivity (Wildman–Crippen MR) is 182 cm³/mol. The molecule has 0 aliphatic carbocycles. The number of carboxylic acid groups (broad SMARTS) is 2. The van der Waals surface area contributed by atoms with Gasteiger partial charge in [0, 0.05) is 27.4 Å². The SMILES string of the molecule is COc1cc(Cc2c(-c3ccc(NS(=O)(=O)c4ccccc4)cc3)sc3cc(O)ccc23)ccc1CN1CCCC1.O=C(O)C(=O)O. The molecule has 47 heavy (non-hydrogen) atoms. The van der Waals surface area contributed by atoms with Gasteiger partial charge in [0.05, 0.1) is 12.0 Å². The molecular formula is C35H34N2O8S2. The van der Waals surface area contributed by atoms with Crippen molar-refractivity contribution in [3.8, 4) is 21.9 Å². The summed E-state index contributed by atoms with van der Waals surface area (Å²) in [5.41, 5.74) is 4.99. The number of phenols is 1. The van der Waals surface area contributed by atoms with Gasteiger partial charge in [0.15, 0.2) is 0 Å². The van der Waals surface area contributed by atoms with Crippen molar-refractivity contribution in [1.29, 1.82) is 0 Å². The Kier molecular flexibility index (Phi) is 10.4. The number of anilines is 1. The molecule has 1 aliphatic heterocycles. The Balaban J connectivity index is 0.000000662. The van der Waals surface area contributed by atoms with Crippen molar-refractivity contribution in [1.82, 2.24) is 4.90 Å². The molecule has 0 saturated carbocycles. The number of likely N-dealkylation sites (tertiary alicyclic amines) is 1. The number of benzene rings is 4. The van der Waals surface area contributed by atoms with Gasteiger partial charge in [0.1, 0.15) is 11.5 Å². The zero-order chi connectivity index (χ0) is 33.6. The maximum absolute atomic E-state index is 12.8. The van der Waals surface area contributed by atoms with E-state index in [1.54, 1.807) is 73.0 Å². The number of fused-ring (bicyclic) bond motifs is 1. The third-order valence-electron chi connectivity index (χ3n) is 7.74. The molecule has 10 nitrogen and oxygen atoms in total. The fourth-order valence-electron chi connectivity index (χ4n) is 5.47. The van der Waals surface area contributed by atoms with Crippen LogP contribution in [-0.4, -0.2) is 60.8 Å². The summed E-state index contributed by atoms with van der Waals surface area (Å²) < 4.78 is 35.1. The maximum Gasteiger partial charge on any atom is 0.414 e. The number of carbonyl (C=O) groups is 2. The van der Waals surface area contributed by atoms with Crippen molar-refractivity contribution in [2.45, 2.75) is 30.7 Å². The summed E-state index contributed by atoms with van der Waals surface area (Å²) in [4.78, 5) is 22.0. The van der Waals surface area contributed by atoms with E-state index in [0.29, 0.717) is 12.1 Å². The lowest BCUT2D eigenvalue weighted by atomic mass is 9.97. The average Bonchev–Trinajstić information content (AvgIpc) is 3.70. The van der Waals surface area contributed by atoms with Gasteiger partial charge in [-0.15, -0.1) is 11.3 Å². The number of nitrogens with one attached hydrogen (secondary N) is 1. The Morgan fingerprint density at radius 1 is 0.894 bits per heavy atom. The predicted octanol–water partition coefficient (Wildman–Crippen LogP) is 6.43. The highest BCUT2D eigenvalue weighted by molar-refractivity contribution is 7.92. The zero-order valence-electron chi connectivity index (χ0n) is 25.5. The molecule has 0 spiro atoms. The molecule has 1 saturated heterocycles. The number of thiophene rings is 1. The highest BCUT2D eigenvalue weighted by atomic mass is 32.2. The van der Waals surface area contributed by atoms with E-state index in [1.807, 2.05) is 18.2 Å². The number of nitrogens with zero attached hydrogens (tertiary/aromatic N) is 1. The fraction of sp³-hybridized carbons (Fsp3) is 0.200. The van der Waals surface area contributed by atoms with Gasteiger partial charge in [-0.3, -0.25) is 9.62 Å². The number of phenolic OH excluding ortho intramolecular Hbond substituents is 1. The lowest BCUT2D eigenvalue weighted by Crippen LogP contribution is -2.18. The number of aliphatic carboxylic acids is 2. The van der Waals surface area contributed by atoms with Gasteiger partial charge in [0.25, 0.3) is 10.0 Å². The molecule has 12 heteroatoms. The van der Waals surface area contributed by atoms with E-state index in [0.717, 1.165) is 57.0 Å². The molecule has 1 aromatic heterocycles. The lowest BCUT2D eigenvalue weighted by Gasteiger charge is -2.18. The Morgan fingerprint density at radius 3 is 2.21 bits per heavy atom. The Hall–Kier alpha value is -4.91. The quantitative estimate of drug-likeness (QED) is 0.130. The number of methoxy groups -OCH3 is 1. The van der Waals surface area contributed by atoms with Crippen LogP contribution in [0.25, 0.3) is 20.5 Å². The van der Waals surface area contributed by atoms with Crippen LogP contribution in [0, 0.1) is 0 Å². The summed E-state index contributed by atoms with van der Waals surface area (Å²) in [6.07, 6.45) is 3.20. The van der Waals surface area contributed by atoms with E-state index >= 15 is 0 Å². The standard InChI is InChI=1S/C33H32N2O4S2.C2H2O4/c1-39-31-20-23(9-10-25(31)22-35-17-5-6-18-35)19-30-29-16-15-27(36)21-32(29)40-33(30)24-11-13-26(14-12-24)34-41(37,38)28-7-3-2-4-8-28;3-1(4)2(5)6/h2-4,7-16,20-21,34,36H,5-6,17-19,22H2,1H3;(H,3,4)(H,5,6). The first-order valence-electron chi connectivity index (χ1n) is 14.8. The minimum atomic E-state index is -3.67. The van der Waals surface area contributed by atoms with E-state index in [-0.39, 0.29) is 10.6 Å². The number of aromatic hydroxyl groups is 1. The smallest absolute Gasteiger partial charge is 0.414 e. The topological polar surface area (TPSA) is 153 Å². The number of sulfonamides is 1. The normalized spacial score (nSPS) is 13.1. The highest BCUT2D eigenvalue weighted by Gasteiger charge is 2.19. The molecule has 4 N–H and O–H groups in total. The van der Waals surface area contributed by atoms with E-state index in [9.17, 15) is 13.5 Å². The number of rotatable bonds is 9. The second-order valence-electron chi connectivity index (χ2n) is 11.0. The molecule has 2 heterocycles. The summed E-state index contributed by atoms with van der Waals surface area (Å²) in [5, 5.41) is 26.0. The Bertz CT molecular complexity index is 1970. The molecule has 1 aliphatic rings. The number of ether oxygens (including phenoxy) is 1. The molecule has 4 aromatic carbocycles. The van der Waals surface area contributed by atoms with Crippen LogP contribution in [-0.2, 0) is 32.6 Å². The molecule has 244 valence electrons. The second kappa shape index (κ2) is 14.7. The van der Waals surface area contributed by atoms with Crippen molar-refractivity contribution in [3.63, 3.8) is 0 Å². The van der Waals surface area contributed by atoms with Crippen molar-refractivity contribution >= 4 is 49.1 Å².